The number of fused-ring (bicyclic) bond motifs is 1. The van der Waals surface area contributed by atoms with Gasteiger partial charge in [0.2, 0.25) is 5.28 Å². The third-order valence-electron chi connectivity index (χ3n) is 2.39. The van der Waals surface area contributed by atoms with Crippen LogP contribution in [0.15, 0.2) is 51.1 Å². The Labute approximate surface area is 121 Å². The van der Waals surface area contributed by atoms with Gasteiger partial charge in [-0.1, -0.05) is 30.0 Å². The molecule has 0 atom stereocenters. The number of aromatic nitrogens is 3. The highest BCUT2D eigenvalue weighted by molar-refractivity contribution is 9.10. The first kappa shape index (κ1) is 12.0. The van der Waals surface area contributed by atoms with Crippen molar-refractivity contribution in [3.05, 3.63) is 46.3 Å². The molecule has 3 nitrogen and oxygen atoms in total. The maximum Gasteiger partial charge on any atom is 0.223 e. The van der Waals surface area contributed by atoms with Gasteiger partial charge in [0.1, 0.15) is 5.03 Å². The van der Waals surface area contributed by atoms with E-state index in [4.69, 9.17) is 11.6 Å². The van der Waals surface area contributed by atoms with Crippen molar-refractivity contribution in [2.24, 2.45) is 0 Å². The van der Waals surface area contributed by atoms with Crippen LogP contribution in [-0.2, 0) is 0 Å². The Morgan fingerprint density at radius 3 is 2.94 bits per heavy atom. The first-order valence-corrected chi connectivity index (χ1v) is 7.15. The summed E-state index contributed by atoms with van der Waals surface area (Å²) in [5.41, 5.74) is 1.11. The van der Waals surface area contributed by atoms with Gasteiger partial charge in [-0.25, -0.2) is 9.97 Å². The summed E-state index contributed by atoms with van der Waals surface area (Å²) in [4.78, 5) is 11.4. The quantitative estimate of drug-likeness (QED) is 0.550. The molecule has 0 spiro atoms. The molecule has 1 aromatic carbocycles. The van der Waals surface area contributed by atoms with Crippen molar-refractivity contribution in [2.45, 2.75) is 10.1 Å². The van der Waals surface area contributed by atoms with E-state index in [1.165, 1.54) is 17.1 Å². The number of H-pyrrole nitrogens is 1. The molecule has 0 aliphatic rings. The Balaban J connectivity index is 1.98. The van der Waals surface area contributed by atoms with Gasteiger partial charge in [0.25, 0.3) is 0 Å². The van der Waals surface area contributed by atoms with Crippen molar-refractivity contribution in [2.75, 3.05) is 0 Å². The van der Waals surface area contributed by atoms with E-state index in [9.17, 15) is 0 Å². The van der Waals surface area contributed by atoms with Crippen molar-refractivity contribution in [3.8, 4) is 0 Å². The molecular weight excluding hydrogens is 334 g/mol. The summed E-state index contributed by atoms with van der Waals surface area (Å²) in [6.45, 7) is 0. The van der Waals surface area contributed by atoms with Gasteiger partial charge in [0, 0.05) is 17.1 Å². The van der Waals surface area contributed by atoms with Gasteiger partial charge in [-0.2, -0.15) is 0 Å². The molecule has 0 saturated heterocycles. The number of hydrogen-bond acceptors (Lipinski definition) is 3. The molecule has 18 heavy (non-hydrogen) atoms. The minimum atomic E-state index is 0.247. The normalized spacial score (nSPS) is 11.0. The second kappa shape index (κ2) is 4.91. The molecule has 90 valence electrons. The Morgan fingerprint density at radius 2 is 2.11 bits per heavy atom. The number of para-hydroxylation sites is 1. The summed E-state index contributed by atoms with van der Waals surface area (Å²) >= 11 is 10.7. The first-order valence-electron chi connectivity index (χ1n) is 5.16. The van der Waals surface area contributed by atoms with Crippen LogP contribution in [0.25, 0.3) is 10.9 Å². The second-order valence-electron chi connectivity index (χ2n) is 3.62. The standard InChI is InChI=1S/C12H7BrClN3S/c13-8-6-15-12(14)17-11(8)18-10-5-7-3-1-2-4-9(7)16-10/h1-6,16H. The molecule has 2 aromatic heterocycles. The highest BCUT2D eigenvalue weighted by Gasteiger charge is 2.08. The fourth-order valence-corrected chi connectivity index (χ4v) is 3.06. The Bertz CT molecular complexity index is 680. The fourth-order valence-electron chi connectivity index (χ4n) is 1.61. The monoisotopic (exact) mass is 339 g/mol. The molecule has 0 aliphatic carbocycles. The summed E-state index contributed by atoms with van der Waals surface area (Å²) in [6.07, 6.45) is 1.65. The van der Waals surface area contributed by atoms with Crippen LogP contribution in [0.5, 0.6) is 0 Å². The average Bonchev–Trinajstić information content (AvgIpc) is 2.76. The summed E-state index contributed by atoms with van der Waals surface area (Å²) in [7, 11) is 0. The van der Waals surface area contributed by atoms with E-state index in [2.05, 4.69) is 43.0 Å². The van der Waals surface area contributed by atoms with Crippen molar-refractivity contribution in [3.63, 3.8) is 0 Å². The highest BCUT2D eigenvalue weighted by atomic mass is 79.9. The summed E-state index contributed by atoms with van der Waals surface area (Å²) < 4.78 is 0.829. The molecule has 0 saturated carbocycles. The van der Waals surface area contributed by atoms with E-state index >= 15 is 0 Å². The van der Waals surface area contributed by atoms with Crippen LogP contribution in [0.4, 0.5) is 0 Å². The smallest absolute Gasteiger partial charge is 0.223 e. The summed E-state index contributed by atoms with van der Waals surface area (Å²) in [5.74, 6) is 0. The molecule has 0 radical (unpaired) electrons. The number of hydrogen-bond donors (Lipinski definition) is 1. The fraction of sp³-hybridized carbons (Fsp3) is 0. The third-order valence-corrected chi connectivity index (χ3v) is 4.36. The molecule has 2 heterocycles. The van der Waals surface area contributed by atoms with Crippen LogP contribution >= 0.6 is 39.3 Å². The van der Waals surface area contributed by atoms with Crippen molar-refractivity contribution < 1.29 is 0 Å². The number of halogens is 2. The van der Waals surface area contributed by atoms with E-state index < -0.39 is 0 Å². The van der Waals surface area contributed by atoms with Gasteiger partial charge < -0.3 is 4.98 Å². The maximum absolute atomic E-state index is 5.80. The molecule has 0 aliphatic heterocycles. The highest BCUT2D eigenvalue weighted by Crippen LogP contribution is 2.33. The minimum Gasteiger partial charge on any atom is -0.349 e. The van der Waals surface area contributed by atoms with Crippen LogP contribution in [-0.4, -0.2) is 15.0 Å². The number of aromatic amines is 1. The zero-order valence-electron chi connectivity index (χ0n) is 9.02. The second-order valence-corrected chi connectivity index (χ2v) is 5.84. The van der Waals surface area contributed by atoms with Gasteiger partial charge in [0.15, 0.2) is 0 Å². The lowest BCUT2D eigenvalue weighted by Gasteiger charge is -2.00. The van der Waals surface area contributed by atoms with Crippen molar-refractivity contribution in [1.82, 2.24) is 15.0 Å². The van der Waals surface area contributed by atoms with Crippen molar-refractivity contribution >= 4 is 50.2 Å². The maximum atomic E-state index is 5.80. The predicted molar refractivity (Wildman–Crippen MR) is 77.2 cm³/mol. The van der Waals surface area contributed by atoms with E-state index in [1.807, 2.05) is 18.2 Å². The summed E-state index contributed by atoms with van der Waals surface area (Å²) in [6, 6.07) is 10.2. The predicted octanol–water partition coefficient (Wildman–Crippen LogP) is 4.53. The first-order chi connectivity index (χ1) is 8.72. The largest absolute Gasteiger partial charge is 0.349 e. The third kappa shape index (κ3) is 2.39. The van der Waals surface area contributed by atoms with E-state index in [-0.39, 0.29) is 5.28 Å². The number of benzene rings is 1. The van der Waals surface area contributed by atoms with E-state index in [1.54, 1.807) is 6.20 Å². The number of nitrogens with one attached hydrogen (secondary N) is 1. The Morgan fingerprint density at radius 1 is 1.28 bits per heavy atom. The van der Waals surface area contributed by atoms with Gasteiger partial charge in [-0.3, -0.25) is 0 Å². The van der Waals surface area contributed by atoms with E-state index in [0.29, 0.717) is 0 Å². The zero-order chi connectivity index (χ0) is 12.5. The lowest BCUT2D eigenvalue weighted by molar-refractivity contribution is 1.02. The average molecular weight is 341 g/mol. The van der Waals surface area contributed by atoms with Crippen LogP contribution in [0.1, 0.15) is 0 Å². The van der Waals surface area contributed by atoms with Gasteiger partial charge >= 0.3 is 0 Å². The SMILES string of the molecule is Clc1ncc(Br)c(Sc2cc3ccccc3[nH]2)n1. The van der Waals surface area contributed by atoms with Crippen LogP contribution < -0.4 is 0 Å². The zero-order valence-corrected chi connectivity index (χ0v) is 12.2. The van der Waals surface area contributed by atoms with E-state index in [0.717, 1.165) is 20.0 Å². The molecule has 0 unspecified atom stereocenters. The molecule has 3 aromatic rings. The molecule has 0 bridgehead atoms. The molecule has 0 fully saturated rings. The molecule has 0 amide bonds. The number of nitrogens with zero attached hydrogens (tertiary/aromatic N) is 2. The Kier molecular flexibility index (Phi) is 3.28. The molecule has 6 heteroatoms. The van der Waals surface area contributed by atoms with Crippen LogP contribution in [0.2, 0.25) is 5.28 Å². The minimum absolute atomic E-state index is 0.247. The summed E-state index contributed by atoms with van der Waals surface area (Å²) in [5, 5.41) is 3.24. The van der Waals surface area contributed by atoms with Gasteiger partial charge in [-0.05, 0) is 39.7 Å². The number of rotatable bonds is 2. The topological polar surface area (TPSA) is 41.6 Å². The molecule has 1 N–H and O–H groups in total. The lowest BCUT2D eigenvalue weighted by Crippen LogP contribution is -1.86. The lowest BCUT2D eigenvalue weighted by atomic mass is 10.3. The van der Waals surface area contributed by atoms with Gasteiger partial charge in [-0.15, -0.1) is 0 Å². The molecule has 3 rings (SSSR count). The Hall–Kier alpha value is -1.04. The van der Waals surface area contributed by atoms with Crippen LogP contribution in [0, 0.1) is 0 Å². The van der Waals surface area contributed by atoms with Crippen LogP contribution in [0.3, 0.4) is 0 Å². The molecular formula is C12H7BrClN3S. The van der Waals surface area contributed by atoms with Gasteiger partial charge in [0.05, 0.1) is 9.50 Å². The van der Waals surface area contributed by atoms with Crippen molar-refractivity contribution in [1.29, 1.82) is 0 Å².